The number of carbonyl (C=O) groups excluding carboxylic acids is 1. The smallest absolute Gasteiger partial charge is 0.404 e. The Balaban J connectivity index is 2.61. The Labute approximate surface area is 126 Å². The molecule has 0 spiro atoms. The number of ether oxygens (including phenoxy) is 1. The Morgan fingerprint density at radius 2 is 1.43 bits per heavy atom. The zero-order valence-corrected chi connectivity index (χ0v) is 11.2. The van der Waals surface area contributed by atoms with Crippen molar-refractivity contribution in [1.82, 2.24) is 0 Å². The average Bonchev–Trinajstić information content (AvgIpc) is 2.45. The van der Waals surface area contributed by atoms with Gasteiger partial charge in [-0.2, -0.15) is 13.2 Å². The lowest BCUT2D eigenvalue weighted by Crippen LogP contribution is -2.22. The van der Waals surface area contributed by atoms with Crippen LogP contribution in [0.15, 0.2) is 48.5 Å². The molecule has 122 valence electrons. The van der Waals surface area contributed by atoms with E-state index in [1.54, 1.807) is 6.07 Å². The Morgan fingerprint density at radius 3 is 1.96 bits per heavy atom. The molecule has 0 aliphatic heterocycles. The van der Waals surface area contributed by atoms with Gasteiger partial charge in [-0.05, 0) is 12.1 Å². The molecule has 8 heteroatoms. The minimum atomic E-state index is -5.37. The summed E-state index contributed by atoms with van der Waals surface area (Å²) in [4.78, 5) is 12.2. The van der Waals surface area contributed by atoms with E-state index < -0.39 is 35.2 Å². The molecule has 0 aromatic heterocycles. The first-order chi connectivity index (χ1) is 10.6. The van der Waals surface area contributed by atoms with Crippen LogP contribution in [0.1, 0.15) is 21.5 Å². The maximum absolute atomic E-state index is 12.9. The van der Waals surface area contributed by atoms with Crippen LogP contribution in [-0.2, 0) is 6.18 Å². The van der Waals surface area contributed by atoms with Crippen molar-refractivity contribution in [3.8, 4) is 5.75 Å². The van der Waals surface area contributed by atoms with E-state index in [1.165, 1.54) is 24.3 Å². The molecule has 2 rings (SSSR count). The van der Waals surface area contributed by atoms with Crippen LogP contribution in [0.2, 0.25) is 0 Å². The number of benzene rings is 2. The molecule has 2 aromatic carbocycles. The Bertz CT molecular complexity index is 704. The molecule has 0 N–H and O–H groups in total. The molecule has 0 fully saturated rings. The van der Waals surface area contributed by atoms with Crippen LogP contribution in [0.3, 0.4) is 0 Å². The van der Waals surface area contributed by atoms with Crippen molar-refractivity contribution >= 4 is 5.78 Å². The van der Waals surface area contributed by atoms with Gasteiger partial charge in [-0.3, -0.25) is 4.79 Å². The second-order valence-electron chi connectivity index (χ2n) is 4.42. The lowest BCUT2D eigenvalue weighted by molar-refractivity contribution is -0.276. The Hall–Kier alpha value is -2.51. The average molecular weight is 334 g/mol. The van der Waals surface area contributed by atoms with Crippen molar-refractivity contribution in [3.05, 3.63) is 65.2 Å². The molecule has 0 aliphatic rings. The van der Waals surface area contributed by atoms with Crippen molar-refractivity contribution in [2.45, 2.75) is 12.5 Å². The van der Waals surface area contributed by atoms with Crippen LogP contribution < -0.4 is 4.74 Å². The van der Waals surface area contributed by atoms with E-state index in [1.807, 2.05) is 0 Å². The fraction of sp³-hybridized carbons (Fsp3) is 0.133. The molecule has 2 nitrogen and oxygen atoms in total. The van der Waals surface area contributed by atoms with E-state index in [9.17, 15) is 31.1 Å². The maximum atomic E-state index is 12.9. The number of rotatable bonds is 3. The van der Waals surface area contributed by atoms with Crippen molar-refractivity contribution in [2.24, 2.45) is 0 Å². The normalized spacial score (nSPS) is 12.1. The Kier molecular flexibility index (Phi) is 4.35. The van der Waals surface area contributed by atoms with E-state index in [4.69, 9.17) is 0 Å². The van der Waals surface area contributed by atoms with E-state index >= 15 is 0 Å². The van der Waals surface area contributed by atoms with E-state index in [0.29, 0.717) is 6.07 Å². The van der Waals surface area contributed by atoms with Gasteiger partial charge in [-0.25, -0.2) is 0 Å². The SMILES string of the molecule is O=C(c1ccccc1)c1cccc(C(F)(F)F)c1OC(F)(F)F. The van der Waals surface area contributed by atoms with Gasteiger partial charge < -0.3 is 4.74 Å². The third-order valence-electron chi connectivity index (χ3n) is 2.82. The molecule has 0 amide bonds. The first kappa shape index (κ1) is 16.9. The number of hydrogen-bond acceptors (Lipinski definition) is 2. The van der Waals surface area contributed by atoms with E-state index in [-0.39, 0.29) is 5.56 Å². The number of alkyl halides is 6. The summed E-state index contributed by atoms with van der Waals surface area (Å²) in [7, 11) is 0. The molecule has 0 saturated carbocycles. The first-order valence-corrected chi connectivity index (χ1v) is 6.15. The van der Waals surface area contributed by atoms with Gasteiger partial charge in [0.05, 0.1) is 11.1 Å². The lowest BCUT2D eigenvalue weighted by atomic mass is 9.99. The molecule has 0 aliphatic carbocycles. The summed E-state index contributed by atoms with van der Waals surface area (Å²) in [5.41, 5.74) is -2.54. The molecule has 0 unspecified atom stereocenters. The fourth-order valence-electron chi connectivity index (χ4n) is 1.91. The molecule has 23 heavy (non-hydrogen) atoms. The largest absolute Gasteiger partial charge is 0.573 e. The van der Waals surface area contributed by atoms with Crippen LogP contribution in [-0.4, -0.2) is 12.1 Å². The highest BCUT2D eigenvalue weighted by molar-refractivity contribution is 6.11. The highest BCUT2D eigenvalue weighted by atomic mass is 19.4. The second-order valence-corrected chi connectivity index (χ2v) is 4.42. The zero-order valence-electron chi connectivity index (χ0n) is 11.2. The van der Waals surface area contributed by atoms with Gasteiger partial charge in [0.25, 0.3) is 0 Å². The third kappa shape index (κ3) is 4.02. The summed E-state index contributed by atoms with van der Waals surface area (Å²) >= 11 is 0. The standard InChI is InChI=1S/C15H8F6O2/c16-14(17,18)11-8-4-7-10(13(11)23-15(19,20)21)12(22)9-5-2-1-3-6-9/h1-8H. The van der Waals surface area contributed by atoms with Gasteiger partial charge in [0.1, 0.15) is 0 Å². The minimum absolute atomic E-state index is 0.0566. The van der Waals surface area contributed by atoms with Crippen molar-refractivity contribution < 1.29 is 35.9 Å². The lowest BCUT2D eigenvalue weighted by Gasteiger charge is -2.18. The van der Waals surface area contributed by atoms with Crippen LogP contribution in [0, 0.1) is 0 Å². The topological polar surface area (TPSA) is 26.3 Å². The van der Waals surface area contributed by atoms with Crippen molar-refractivity contribution in [1.29, 1.82) is 0 Å². The molecular formula is C15H8F6O2. The predicted octanol–water partition coefficient (Wildman–Crippen LogP) is 4.84. The Morgan fingerprint density at radius 1 is 0.826 bits per heavy atom. The second kappa shape index (κ2) is 5.94. The maximum Gasteiger partial charge on any atom is 0.573 e. The number of carbonyl (C=O) groups is 1. The van der Waals surface area contributed by atoms with Gasteiger partial charge in [0.15, 0.2) is 11.5 Å². The third-order valence-corrected chi connectivity index (χ3v) is 2.82. The summed E-state index contributed by atoms with van der Waals surface area (Å²) in [6, 6.07) is 9.10. The number of ketones is 1. The van der Waals surface area contributed by atoms with Crippen LogP contribution >= 0.6 is 0 Å². The summed E-state index contributed by atoms with van der Waals surface area (Å²) in [6.07, 6.45) is -10.5. The number of halogens is 6. The van der Waals surface area contributed by atoms with Gasteiger partial charge >= 0.3 is 12.5 Å². The summed E-state index contributed by atoms with van der Waals surface area (Å²) < 4.78 is 79.6. The van der Waals surface area contributed by atoms with Gasteiger partial charge in [0, 0.05) is 5.56 Å². The molecule has 2 aromatic rings. The predicted molar refractivity (Wildman–Crippen MR) is 68.0 cm³/mol. The van der Waals surface area contributed by atoms with Crippen molar-refractivity contribution in [2.75, 3.05) is 0 Å². The highest BCUT2D eigenvalue weighted by Gasteiger charge is 2.41. The molecular weight excluding hydrogens is 326 g/mol. The molecule has 0 saturated heterocycles. The molecule has 0 atom stereocenters. The summed E-state index contributed by atoms with van der Waals surface area (Å²) in [5.74, 6) is -2.56. The zero-order chi connectivity index (χ0) is 17.3. The van der Waals surface area contributed by atoms with Crippen LogP contribution in [0.5, 0.6) is 5.75 Å². The van der Waals surface area contributed by atoms with Crippen molar-refractivity contribution in [3.63, 3.8) is 0 Å². The fourth-order valence-corrected chi connectivity index (χ4v) is 1.91. The number of para-hydroxylation sites is 1. The number of hydrogen-bond donors (Lipinski definition) is 0. The summed E-state index contributed by atoms with van der Waals surface area (Å²) in [5, 5.41) is 0. The minimum Gasteiger partial charge on any atom is -0.404 e. The molecule has 0 radical (unpaired) electrons. The molecule has 0 heterocycles. The first-order valence-electron chi connectivity index (χ1n) is 6.15. The van der Waals surface area contributed by atoms with Gasteiger partial charge in [0.2, 0.25) is 0 Å². The highest BCUT2D eigenvalue weighted by Crippen LogP contribution is 2.41. The summed E-state index contributed by atoms with van der Waals surface area (Å²) in [6.45, 7) is 0. The van der Waals surface area contributed by atoms with Gasteiger partial charge in [-0.15, -0.1) is 13.2 Å². The van der Waals surface area contributed by atoms with E-state index in [2.05, 4.69) is 4.74 Å². The molecule has 0 bridgehead atoms. The quantitative estimate of drug-likeness (QED) is 0.593. The van der Waals surface area contributed by atoms with E-state index in [0.717, 1.165) is 12.1 Å². The van der Waals surface area contributed by atoms with Crippen LogP contribution in [0.25, 0.3) is 0 Å². The van der Waals surface area contributed by atoms with Crippen LogP contribution in [0.4, 0.5) is 26.3 Å². The monoisotopic (exact) mass is 334 g/mol. The van der Waals surface area contributed by atoms with Gasteiger partial charge in [-0.1, -0.05) is 36.4 Å².